The van der Waals surface area contributed by atoms with Crippen LogP contribution in [-0.4, -0.2) is 4.68 Å². The summed E-state index contributed by atoms with van der Waals surface area (Å²) in [6, 6.07) is 13.7. The standard InChI is InChI=1S/C12H11N3/c13-9-11-5-1-2-6-12(11)10-14-15-7-3-4-8-15/h1-8,14H,10H2. The Bertz CT molecular complexity index is 466. The first kappa shape index (κ1) is 9.35. The van der Waals surface area contributed by atoms with Crippen molar-refractivity contribution in [3.63, 3.8) is 0 Å². The minimum atomic E-state index is 0.651. The highest BCUT2D eigenvalue weighted by atomic mass is 15.4. The molecule has 0 unspecified atom stereocenters. The van der Waals surface area contributed by atoms with Gasteiger partial charge in [0.1, 0.15) is 0 Å². The van der Waals surface area contributed by atoms with E-state index in [4.69, 9.17) is 5.26 Å². The minimum Gasteiger partial charge on any atom is -0.322 e. The molecular weight excluding hydrogens is 186 g/mol. The Balaban J connectivity index is 2.08. The van der Waals surface area contributed by atoms with Gasteiger partial charge in [0.2, 0.25) is 0 Å². The predicted octanol–water partition coefficient (Wildman–Crippen LogP) is 2.10. The summed E-state index contributed by atoms with van der Waals surface area (Å²) >= 11 is 0. The van der Waals surface area contributed by atoms with E-state index in [0.29, 0.717) is 6.54 Å². The number of rotatable bonds is 3. The molecule has 0 amide bonds. The van der Waals surface area contributed by atoms with Gasteiger partial charge in [-0.1, -0.05) is 18.2 Å². The van der Waals surface area contributed by atoms with Crippen LogP contribution in [0.5, 0.6) is 0 Å². The average molecular weight is 197 g/mol. The third-order valence-electron chi connectivity index (χ3n) is 2.19. The summed E-state index contributed by atoms with van der Waals surface area (Å²) in [5, 5.41) is 8.89. The molecule has 1 heterocycles. The fourth-order valence-corrected chi connectivity index (χ4v) is 1.40. The van der Waals surface area contributed by atoms with Crippen LogP contribution < -0.4 is 5.43 Å². The molecule has 0 fully saturated rings. The van der Waals surface area contributed by atoms with Crippen molar-refractivity contribution in [3.05, 3.63) is 59.9 Å². The van der Waals surface area contributed by atoms with Crippen LogP contribution in [0.25, 0.3) is 0 Å². The van der Waals surface area contributed by atoms with Crippen molar-refractivity contribution in [1.82, 2.24) is 4.68 Å². The lowest BCUT2D eigenvalue weighted by atomic mass is 10.1. The number of nitrogens with one attached hydrogen (secondary N) is 1. The molecule has 3 nitrogen and oxygen atoms in total. The van der Waals surface area contributed by atoms with E-state index in [-0.39, 0.29) is 0 Å². The Morgan fingerprint density at radius 2 is 1.87 bits per heavy atom. The Hall–Kier alpha value is -2.21. The second-order valence-electron chi connectivity index (χ2n) is 3.19. The summed E-state index contributed by atoms with van der Waals surface area (Å²) in [5.41, 5.74) is 4.91. The van der Waals surface area contributed by atoms with E-state index >= 15 is 0 Å². The van der Waals surface area contributed by atoms with Gasteiger partial charge in [0.05, 0.1) is 18.2 Å². The Kier molecular flexibility index (Phi) is 2.70. The van der Waals surface area contributed by atoms with E-state index in [0.717, 1.165) is 11.1 Å². The zero-order chi connectivity index (χ0) is 10.5. The fourth-order valence-electron chi connectivity index (χ4n) is 1.40. The third-order valence-corrected chi connectivity index (χ3v) is 2.19. The van der Waals surface area contributed by atoms with Crippen LogP contribution >= 0.6 is 0 Å². The summed E-state index contributed by atoms with van der Waals surface area (Å²) in [4.78, 5) is 0. The van der Waals surface area contributed by atoms with Gasteiger partial charge in [-0.15, -0.1) is 0 Å². The highest BCUT2D eigenvalue weighted by molar-refractivity contribution is 5.37. The highest BCUT2D eigenvalue weighted by Crippen LogP contribution is 2.07. The van der Waals surface area contributed by atoms with Gasteiger partial charge < -0.3 is 5.43 Å². The van der Waals surface area contributed by atoms with E-state index in [1.54, 1.807) is 0 Å². The van der Waals surface area contributed by atoms with Crippen LogP contribution in [0.4, 0.5) is 0 Å². The number of nitriles is 1. The largest absolute Gasteiger partial charge is 0.322 e. The number of hydrogen-bond donors (Lipinski definition) is 1. The minimum absolute atomic E-state index is 0.651. The number of aromatic nitrogens is 1. The van der Waals surface area contributed by atoms with Gasteiger partial charge in [-0.05, 0) is 23.8 Å². The zero-order valence-electron chi connectivity index (χ0n) is 8.22. The van der Waals surface area contributed by atoms with Crippen molar-refractivity contribution < 1.29 is 0 Å². The normalized spacial score (nSPS) is 9.53. The molecule has 0 aliphatic carbocycles. The smallest absolute Gasteiger partial charge is 0.0995 e. The second kappa shape index (κ2) is 4.34. The summed E-state index contributed by atoms with van der Waals surface area (Å²) < 4.78 is 1.87. The molecule has 0 radical (unpaired) electrons. The van der Waals surface area contributed by atoms with Gasteiger partial charge in [-0.3, -0.25) is 4.68 Å². The van der Waals surface area contributed by atoms with Crippen molar-refractivity contribution >= 4 is 0 Å². The molecule has 0 saturated heterocycles. The van der Waals surface area contributed by atoms with E-state index < -0.39 is 0 Å². The summed E-state index contributed by atoms with van der Waals surface area (Å²) in [6.07, 6.45) is 3.85. The monoisotopic (exact) mass is 197 g/mol. The molecular formula is C12H11N3. The Morgan fingerprint density at radius 1 is 1.13 bits per heavy atom. The van der Waals surface area contributed by atoms with E-state index in [9.17, 15) is 0 Å². The molecule has 74 valence electrons. The van der Waals surface area contributed by atoms with E-state index in [1.807, 2.05) is 53.5 Å². The maximum Gasteiger partial charge on any atom is 0.0995 e. The molecule has 0 bridgehead atoms. The van der Waals surface area contributed by atoms with Crippen LogP contribution in [0, 0.1) is 11.3 Å². The van der Waals surface area contributed by atoms with Crippen molar-refractivity contribution in [2.45, 2.75) is 6.54 Å². The maximum atomic E-state index is 8.89. The number of benzene rings is 1. The van der Waals surface area contributed by atoms with Gasteiger partial charge in [0.25, 0.3) is 0 Å². The molecule has 0 spiro atoms. The molecule has 0 saturated carbocycles. The van der Waals surface area contributed by atoms with Crippen molar-refractivity contribution in [3.8, 4) is 6.07 Å². The zero-order valence-corrected chi connectivity index (χ0v) is 8.22. The first-order valence-corrected chi connectivity index (χ1v) is 4.75. The average Bonchev–Trinajstić information content (AvgIpc) is 2.79. The number of hydrogen-bond acceptors (Lipinski definition) is 2. The molecule has 0 aliphatic heterocycles. The molecule has 15 heavy (non-hydrogen) atoms. The lowest BCUT2D eigenvalue weighted by molar-refractivity contribution is 0.846. The SMILES string of the molecule is N#Cc1ccccc1CNn1cccc1. The maximum absolute atomic E-state index is 8.89. The van der Waals surface area contributed by atoms with Gasteiger partial charge >= 0.3 is 0 Å². The molecule has 2 aromatic rings. The molecule has 2 rings (SSSR count). The predicted molar refractivity (Wildman–Crippen MR) is 58.7 cm³/mol. The Labute approximate surface area is 88.6 Å². The van der Waals surface area contributed by atoms with Crippen molar-refractivity contribution in [1.29, 1.82) is 5.26 Å². The summed E-state index contributed by atoms with van der Waals surface area (Å²) in [7, 11) is 0. The lowest BCUT2D eigenvalue weighted by Gasteiger charge is -2.08. The first-order chi connectivity index (χ1) is 7.40. The summed E-state index contributed by atoms with van der Waals surface area (Å²) in [6.45, 7) is 0.651. The van der Waals surface area contributed by atoms with E-state index in [1.165, 1.54) is 0 Å². The van der Waals surface area contributed by atoms with Crippen LogP contribution in [0.2, 0.25) is 0 Å². The van der Waals surface area contributed by atoms with Gasteiger partial charge in [-0.25, -0.2) is 0 Å². The Morgan fingerprint density at radius 3 is 2.60 bits per heavy atom. The third kappa shape index (κ3) is 2.18. The molecule has 0 atom stereocenters. The van der Waals surface area contributed by atoms with Crippen LogP contribution in [0.15, 0.2) is 48.8 Å². The lowest BCUT2D eigenvalue weighted by Crippen LogP contribution is -2.12. The van der Waals surface area contributed by atoms with Crippen molar-refractivity contribution in [2.24, 2.45) is 0 Å². The first-order valence-electron chi connectivity index (χ1n) is 4.75. The molecule has 1 aromatic heterocycles. The molecule has 0 aliphatic rings. The van der Waals surface area contributed by atoms with Gasteiger partial charge in [-0.2, -0.15) is 5.26 Å². The van der Waals surface area contributed by atoms with Crippen LogP contribution in [0.1, 0.15) is 11.1 Å². The fraction of sp³-hybridized carbons (Fsp3) is 0.0833. The highest BCUT2D eigenvalue weighted by Gasteiger charge is 1.99. The topological polar surface area (TPSA) is 40.8 Å². The van der Waals surface area contributed by atoms with Crippen molar-refractivity contribution in [2.75, 3.05) is 5.43 Å². The molecule has 3 heteroatoms. The molecule has 1 aromatic carbocycles. The molecule has 1 N–H and O–H groups in total. The second-order valence-corrected chi connectivity index (χ2v) is 3.19. The van der Waals surface area contributed by atoms with Gasteiger partial charge in [0, 0.05) is 12.4 Å². The van der Waals surface area contributed by atoms with Crippen LogP contribution in [-0.2, 0) is 6.54 Å². The van der Waals surface area contributed by atoms with E-state index in [2.05, 4.69) is 11.5 Å². The van der Waals surface area contributed by atoms with Crippen LogP contribution in [0.3, 0.4) is 0 Å². The quantitative estimate of drug-likeness (QED) is 0.818. The summed E-state index contributed by atoms with van der Waals surface area (Å²) in [5.74, 6) is 0. The number of nitrogens with zero attached hydrogens (tertiary/aromatic N) is 2. The van der Waals surface area contributed by atoms with Gasteiger partial charge in [0.15, 0.2) is 0 Å².